The topological polar surface area (TPSA) is 44.3 Å². The average molecular weight is 291 g/mol. The van der Waals surface area contributed by atoms with Gasteiger partial charge < -0.3 is 15.1 Å². The van der Waals surface area contributed by atoms with E-state index in [9.17, 15) is 0 Å². The van der Waals surface area contributed by atoms with Crippen molar-refractivity contribution in [3.63, 3.8) is 0 Å². The van der Waals surface area contributed by atoms with E-state index in [1.807, 2.05) is 0 Å². The highest BCUT2D eigenvalue weighted by Crippen LogP contribution is 2.29. The van der Waals surface area contributed by atoms with Gasteiger partial charge >= 0.3 is 0 Å². The van der Waals surface area contributed by atoms with Gasteiger partial charge in [0, 0.05) is 37.2 Å². The molecule has 1 atom stereocenters. The fourth-order valence-corrected chi connectivity index (χ4v) is 2.78. The third kappa shape index (κ3) is 3.46. The van der Waals surface area contributed by atoms with Crippen LogP contribution < -0.4 is 10.2 Å². The fourth-order valence-electron chi connectivity index (χ4n) is 2.78. The van der Waals surface area contributed by atoms with Gasteiger partial charge in [-0.15, -0.1) is 0 Å². The third-order valence-corrected chi connectivity index (χ3v) is 4.19. The largest absolute Gasteiger partial charge is 0.370 e. The highest BCUT2D eigenvalue weighted by molar-refractivity contribution is 5.59. The van der Waals surface area contributed by atoms with Crippen molar-refractivity contribution in [1.29, 1.82) is 0 Å². The van der Waals surface area contributed by atoms with Crippen LogP contribution in [0.5, 0.6) is 0 Å². The molecule has 21 heavy (non-hydrogen) atoms. The normalized spacial score (nSPS) is 18.9. The second-order valence-corrected chi connectivity index (χ2v) is 6.42. The molecule has 0 bridgehead atoms. The minimum Gasteiger partial charge on any atom is -0.370 e. The molecule has 118 valence electrons. The number of hydrogen-bond donors (Lipinski definition) is 1. The molecule has 1 N–H and O–H groups in total. The molecule has 2 heterocycles. The van der Waals surface area contributed by atoms with E-state index in [0.717, 1.165) is 37.1 Å². The number of nitrogens with zero attached hydrogens (tertiary/aromatic N) is 4. The molecule has 1 aliphatic rings. The zero-order chi connectivity index (χ0) is 15.6. The van der Waals surface area contributed by atoms with Gasteiger partial charge in [-0.2, -0.15) is 0 Å². The van der Waals surface area contributed by atoms with E-state index in [-0.39, 0.29) is 0 Å². The smallest absolute Gasteiger partial charge is 0.137 e. The highest BCUT2D eigenvalue weighted by Gasteiger charge is 2.27. The molecule has 0 aromatic carbocycles. The standard InChI is InChI=1S/C16H29N5/c1-7-17-15-12(4)16(19-14(18-15)11(2)3)21-9-8-13(10-21)20(5)6/h11,13H,7-10H2,1-6H3,(H,17,18,19). The summed E-state index contributed by atoms with van der Waals surface area (Å²) in [6.45, 7) is 11.5. The maximum Gasteiger partial charge on any atom is 0.137 e. The van der Waals surface area contributed by atoms with Crippen molar-refractivity contribution in [2.45, 2.75) is 46.1 Å². The van der Waals surface area contributed by atoms with Crippen LogP contribution in [0.1, 0.15) is 44.5 Å². The van der Waals surface area contributed by atoms with Gasteiger partial charge in [-0.25, -0.2) is 9.97 Å². The first-order chi connectivity index (χ1) is 9.93. The summed E-state index contributed by atoms with van der Waals surface area (Å²) < 4.78 is 0. The van der Waals surface area contributed by atoms with Crippen LogP contribution in [0.4, 0.5) is 11.6 Å². The van der Waals surface area contributed by atoms with E-state index < -0.39 is 0 Å². The summed E-state index contributed by atoms with van der Waals surface area (Å²) >= 11 is 0. The molecule has 1 fully saturated rings. The lowest BCUT2D eigenvalue weighted by Crippen LogP contribution is -2.32. The molecule has 5 nitrogen and oxygen atoms in total. The van der Waals surface area contributed by atoms with E-state index in [1.54, 1.807) is 0 Å². The van der Waals surface area contributed by atoms with Gasteiger partial charge in [-0.05, 0) is 34.4 Å². The minimum absolute atomic E-state index is 0.342. The second kappa shape index (κ2) is 6.60. The average Bonchev–Trinajstić information content (AvgIpc) is 2.90. The van der Waals surface area contributed by atoms with Gasteiger partial charge in [-0.1, -0.05) is 13.8 Å². The van der Waals surface area contributed by atoms with E-state index in [4.69, 9.17) is 4.98 Å². The quantitative estimate of drug-likeness (QED) is 0.903. The zero-order valence-corrected chi connectivity index (χ0v) is 14.3. The summed E-state index contributed by atoms with van der Waals surface area (Å²) in [7, 11) is 4.31. The number of likely N-dealkylation sites (N-methyl/N-ethyl adjacent to an activating group) is 1. The maximum absolute atomic E-state index is 4.85. The Morgan fingerprint density at radius 2 is 2.05 bits per heavy atom. The Kier molecular flexibility index (Phi) is 5.04. The number of rotatable bonds is 5. The van der Waals surface area contributed by atoms with Crippen LogP contribution in [0.15, 0.2) is 0 Å². The first-order valence-corrected chi connectivity index (χ1v) is 7.97. The van der Waals surface area contributed by atoms with E-state index in [2.05, 4.69) is 61.9 Å². The first kappa shape index (κ1) is 16.0. The monoisotopic (exact) mass is 291 g/mol. The molecule has 0 saturated carbocycles. The lowest BCUT2D eigenvalue weighted by molar-refractivity contribution is 0.315. The number of aromatic nitrogens is 2. The van der Waals surface area contributed by atoms with Gasteiger partial charge in [0.05, 0.1) is 0 Å². The Bertz CT molecular complexity index is 484. The van der Waals surface area contributed by atoms with Gasteiger partial charge in [0.1, 0.15) is 17.5 Å². The van der Waals surface area contributed by atoms with Gasteiger partial charge in [-0.3, -0.25) is 0 Å². The van der Waals surface area contributed by atoms with Crippen LogP contribution in [-0.4, -0.2) is 54.6 Å². The molecule has 5 heteroatoms. The first-order valence-electron chi connectivity index (χ1n) is 7.97. The Labute approximate surface area is 128 Å². The Morgan fingerprint density at radius 3 is 2.57 bits per heavy atom. The highest BCUT2D eigenvalue weighted by atomic mass is 15.3. The van der Waals surface area contributed by atoms with Gasteiger partial charge in [0.25, 0.3) is 0 Å². The predicted octanol–water partition coefficient (Wildman–Crippen LogP) is 2.48. The predicted molar refractivity (Wildman–Crippen MR) is 89.3 cm³/mol. The van der Waals surface area contributed by atoms with Crippen LogP contribution in [0.3, 0.4) is 0 Å². The summed E-state index contributed by atoms with van der Waals surface area (Å²) in [6.07, 6.45) is 1.20. The molecule has 1 aromatic rings. The Balaban J connectivity index is 2.33. The summed E-state index contributed by atoms with van der Waals surface area (Å²) in [5, 5.41) is 3.38. The van der Waals surface area contributed by atoms with Crippen LogP contribution >= 0.6 is 0 Å². The van der Waals surface area contributed by atoms with Crippen molar-refractivity contribution >= 4 is 11.6 Å². The third-order valence-electron chi connectivity index (χ3n) is 4.19. The van der Waals surface area contributed by atoms with Crippen molar-refractivity contribution < 1.29 is 0 Å². The van der Waals surface area contributed by atoms with Crippen molar-refractivity contribution in [2.75, 3.05) is 43.9 Å². The maximum atomic E-state index is 4.85. The van der Waals surface area contributed by atoms with Crippen LogP contribution in [0.2, 0.25) is 0 Å². The molecule has 0 radical (unpaired) electrons. The Morgan fingerprint density at radius 1 is 1.33 bits per heavy atom. The van der Waals surface area contributed by atoms with E-state index in [1.165, 1.54) is 12.0 Å². The molecule has 0 spiro atoms. The van der Waals surface area contributed by atoms with Crippen LogP contribution in [-0.2, 0) is 0 Å². The molecule has 1 aliphatic heterocycles. The number of anilines is 2. The molecule has 1 unspecified atom stereocenters. The summed E-state index contributed by atoms with van der Waals surface area (Å²) in [4.78, 5) is 14.3. The number of hydrogen-bond acceptors (Lipinski definition) is 5. The van der Waals surface area contributed by atoms with Gasteiger partial charge in [0.15, 0.2) is 0 Å². The zero-order valence-electron chi connectivity index (χ0n) is 14.3. The molecule has 0 aliphatic carbocycles. The second-order valence-electron chi connectivity index (χ2n) is 6.42. The van der Waals surface area contributed by atoms with Crippen molar-refractivity contribution in [3.05, 3.63) is 11.4 Å². The van der Waals surface area contributed by atoms with Crippen molar-refractivity contribution in [2.24, 2.45) is 0 Å². The molecular weight excluding hydrogens is 262 g/mol. The summed E-state index contributed by atoms with van der Waals surface area (Å²) in [5.74, 6) is 3.36. The van der Waals surface area contributed by atoms with Gasteiger partial charge in [0.2, 0.25) is 0 Å². The Hall–Kier alpha value is -1.36. The summed E-state index contributed by atoms with van der Waals surface area (Å²) in [5.41, 5.74) is 1.17. The van der Waals surface area contributed by atoms with Crippen molar-refractivity contribution in [3.8, 4) is 0 Å². The molecule has 1 saturated heterocycles. The molecular formula is C16H29N5. The molecule has 0 amide bonds. The SMILES string of the molecule is CCNc1nc(C(C)C)nc(N2CCC(N(C)C)C2)c1C. The van der Waals surface area contributed by atoms with Crippen molar-refractivity contribution in [1.82, 2.24) is 14.9 Å². The molecule has 1 aromatic heterocycles. The molecule has 2 rings (SSSR count). The fraction of sp³-hybridized carbons (Fsp3) is 0.750. The minimum atomic E-state index is 0.342. The summed E-state index contributed by atoms with van der Waals surface area (Å²) in [6, 6.07) is 0.615. The van der Waals surface area contributed by atoms with Crippen LogP contribution in [0.25, 0.3) is 0 Å². The van der Waals surface area contributed by atoms with Crippen LogP contribution in [0, 0.1) is 6.92 Å². The lowest BCUT2D eigenvalue weighted by Gasteiger charge is -2.24. The van der Waals surface area contributed by atoms with E-state index in [0.29, 0.717) is 12.0 Å². The van der Waals surface area contributed by atoms with E-state index >= 15 is 0 Å². The lowest BCUT2D eigenvalue weighted by atomic mass is 10.2. The number of nitrogens with one attached hydrogen (secondary N) is 1.